The fourth-order valence-electron chi connectivity index (χ4n) is 2.91. The van der Waals surface area contributed by atoms with E-state index in [4.69, 9.17) is 29.3 Å². The van der Waals surface area contributed by atoms with E-state index in [0.29, 0.717) is 5.75 Å². The normalized spacial score (nSPS) is 13.5. The summed E-state index contributed by atoms with van der Waals surface area (Å²) in [5, 5.41) is 14.8. The third-order valence-corrected chi connectivity index (χ3v) is 5.18. The van der Waals surface area contributed by atoms with Crippen LogP contribution >= 0.6 is 15.9 Å². The molecule has 9 nitrogen and oxygen atoms in total. The molecule has 2 aromatic carbocycles. The Morgan fingerprint density at radius 1 is 0.875 bits per heavy atom. The van der Waals surface area contributed by atoms with E-state index in [1.165, 1.54) is 5.56 Å². The maximum atomic E-state index is 12.3. The quantitative estimate of drug-likeness (QED) is 0.571. The van der Waals surface area contributed by atoms with E-state index in [1.54, 1.807) is 7.11 Å². The van der Waals surface area contributed by atoms with Gasteiger partial charge in [0.2, 0.25) is 0 Å². The van der Waals surface area contributed by atoms with Crippen molar-refractivity contribution in [3.05, 3.63) is 58.6 Å². The van der Waals surface area contributed by atoms with Crippen molar-refractivity contribution >= 4 is 33.8 Å². The number of rotatable bonds is 6. The highest BCUT2D eigenvalue weighted by Crippen LogP contribution is 2.17. The Bertz CT molecular complexity index is 884. The highest BCUT2D eigenvalue weighted by atomic mass is 79.9. The second-order valence-corrected chi connectivity index (χ2v) is 7.77. The molecule has 0 aromatic heterocycles. The smallest absolute Gasteiger partial charge is 0.414 e. The van der Waals surface area contributed by atoms with Crippen LogP contribution in [-0.4, -0.2) is 77.8 Å². The van der Waals surface area contributed by atoms with Gasteiger partial charge in [0, 0.05) is 37.2 Å². The molecule has 2 N–H and O–H groups in total. The minimum absolute atomic E-state index is 0.0389. The number of hydrogen-bond donors (Lipinski definition) is 2. The number of piperazine rings is 1. The van der Waals surface area contributed by atoms with E-state index >= 15 is 0 Å². The summed E-state index contributed by atoms with van der Waals surface area (Å²) in [5.74, 6) is -2.03. The van der Waals surface area contributed by atoms with Crippen molar-refractivity contribution in [1.29, 1.82) is 0 Å². The monoisotopic (exact) mass is 508 g/mol. The number of amides is 1. The number of carbonyl (C=O) groups is 3. The Morgan fingerprint density at radius 3 is 1.91 bits per heavy atom. The van der Waals surface area contributed by atoms with Crippen LogP contribution in [0.5, 0.6) is 11.5 Å². The number of hydrogen-bond acceptors (Lipinski definition) is 6. The van der Waals surface area contributed by atoms with Gasteiger partial charge in [-0.15, -0.1) is 0 Å². The van der Waals surface area contributed by atoms with Crippen molar-refractivity contribution in [3.8, 4) is 11.5 Å². The Hall–Kier alpha value is -3.11. The first kappa shape index (κ1) is 25.2. The van der Waals surface area contributed by atoms with Crippen LogP contribution in [0.15, 0.2) is 53.0 Å². The first-order valence-electron chi connectivity index (χ1n) is 9.76. The number of methoxy groups -OCH3 is 1. The maximum Gasteiger partial charge on any atom is 0.414 e. The first-order chi connectivity index (χ1) is 15.3. The van der Waals surface area contributed by atoms with E-state index in [1.807, 2.05) is 41.3 Å². The van der Waals surface area contributed by atoms with Crippen molar-refractivity contribution in [2.24, 2.45) is 0 Å². The number of carbonyl (C=O) groups excluding carboxylic acids is 1. The van der Waals surface area contributed by atoms with Gasteiger partial charge in [-0.3, -0.25) is 9.69 Å². The largest absolute Gasteiger partial charge is 0.497 e. The van der Waals surface area contributed by atoms with E-state index in [9.17, 15) is 4.79 Å². The minimum atomic E-state index is -1.82. The molecule has 0 atom stereocenters. The van der Waals surface area contributed by atoms with Crippen molar-refractivity contribution < 1.29 is 34.1 Å². The summed E-state index contributed by atoms with van der Waals surface area (Å²) in [6.45, 7) is 4.19. The standard InChI is InChI=1S/C20H23BrN2O3.C2H2O4/c1-25-18-6-2-16(3-7-18)14-22-10-12-23(13-11-22)20(24)15-26-19-8-4-17(21)5-9-19;3-1(4)2(5)6/h2-9H,10-15H2,1H3;(H,3,4)(H,5,6). The highest BCUT2D eigenvalue weighted by Gasteiger charge is 2.21. The van der Waals surface area contributed by atoms with Gasteiger partial charge in [0.25, 0.3) is 5.91 Å². The Morgan fingerprint density at radius 2 is 1.41 bits per heavy atom. The molecule has 0 aliphatic carbocycles. The van der Waals surface area contributed by atoms with Crippen LogP contribution in [0.25, 0.3) is 0 Å². The van der Waals surface area contributed by atoms with Gasteiger partial charge >= 0.3 is 11.9 Å². The van der Waals surface area contributed by atoms with E-state index in [0.717, 1.165) is 42.9 Å². The molecule has 1 aliphatic rings. The van der Waals surface area contributed by atoms with Crippen LogP contribution in [0.2, 0.25) is 0 Å². The Labute approximate surface area is 194 Å². The van der Waals surface area contributed by atoms with Gasteiger partial charge in [-0.05, 0) is 42.0 Å². The van der Waals surface area contributed by atoms with Crippen molar-refractivity contribution in [2.75, 3.05) is 39.9 Å². The average molecular weight is 509 g/mol. The SMILES string of the molecule is COc1ccc(CN2CCN(C(=O)COc3ccc(Br)cc3)CC2)cc1.O=C(O)C(=O)O. The number of carboxylic acid groups (broad SMARTS) is 2. The second-order valence-electron chi connectivity index (χ2n) is 6.86. The molecule has 0 spiro atoms. The van der Waals surface area contributed by atoms with Gasteiger partial charge in [-0.2, -0.15) is 0 Å². The van der Waals surface area contributed by atoms with Crippen LogP contribution in [0.1, 0.15) is 5.56 Å². The molecular formula is C22H25BrN2O7. The molecule has 1 heterocycles. The van der Waals surface area contributed by atoms with Crippen LogP contribution in [0, 0.1) is 0 Å². The number of carboxylic acids is 2. The molecular weight excluding hydrogens is 484 g/mol. The van der Waals surface area contributed by atoms with Crippen LogP contribution in [-0.2, 0) is 20.9 Å². The summed E-state index contributed by atoms with van der Waals surface area (Å²) in [5.41, 5.74) is 1.25. The summed E-state index contributed by atoms with van der Waals surface area (Å²) in [7, 11) is 1.67. The van der Waals surface area contributed by atoms with Crippen molar-refractivity contribution in [2.45, 2.75) is 6.54 Å². The number of aliphatic carboxylic acids is 2. The van der Waals surface area contributed by atoms with Crippen LogP contribution < -0.4 is 9.47 Å². The Kier molecular flexibility index (Phi) is 9.96. The van der Waals surface area contributed by atoms with E-state index < -0.39 is 11.9 Å². The molecule has 0 saturated carbocycles. The third-order valence-electron chi connectivity index (χ3n) is 4.65. The zero-order chi connectivity index (χ0) is 23.5. The van der Waals surface area contributed by atoms with Crippen molar-refractivity contribution in [3.63, 3.8) is 0 Å². The molecule has 0 bridgehead atoms. The molecule has 1 fully saturated rings. The number of halogens is 1. The van der Waals surface area contributed by atoms with Crippen LogP contribution in [0.4, 0.5) is 0 Å². The lowest BCUT2D eigenvalue weighted by molar-refractivity contribution is -0.159. The summed E-state index contributed by atoms with van der Waals surface area (Å²) in [6, 6.07) is 15.6. The average Bonchev–Trinajstić information content (AvgIpc) is 2.80. The summed E-state index contributed by atoms with van der Waals surface area (Å²) in [4.78, 5) is 34.8. The molecule has 0 radical (unpaired) electrons. The predicted molar refractivity (Wildman–Crippen MR) is 120 cm³/mol. The number of ether oxygens (including phenoxy) is 2. The summed E-state index contributed by atoms with van der Waals surface area (Å²) in [6.07, 6.45) is 0. The molecule has 0 unspecified atom stereocenters. The topological polar surface area (TPSA) is 117 Å². The van der Waals surface area contributed by atoms with Gasteiger partial charge in [-0.1, -0.05) is 28.1 Å². The zero-order valence-corrected chi connectivity index (χ0v) is 19.2. The lowest BCUT2D eigenvalue weighted by atomic mass is 10.2. The summed E-state index contributed by atoms with van der Waals surface area (Å²) >= 11 is 3.38. The molecule has 3 rings (SSSR count). The van der Waals surface area contributed by atoms with E-state index in [-0.39, 0.29) is 12.5 Å². The molecule has 1 saturated heterocycles. The fraction of sp³-hybridized carbons (Fsp3) is 0.318. The lowest BCUT2D eigenvalue weighted by Gasteiger charge is -2.34. The Balaban J connectivity index is 0.000000534. The fourth-order valence-corrected chi connectivity index (χ4v) is 3.18. The van der Waals surface area contributed by atoms with Gasteiger partial charge < -0.3 is 24.6 Å². The second kappa shape index (κ2) is 12.7. The first-order valence-corrected chi connectivity index (χ1v) is 10.6. The lowest BCUT2D eigenvalue weighted by Crippen LogP contribution is -2.49. The number of benzene rings is 2. The molecule has 32 heavy (non-hydrogen) atoms. The van der Waals surface area contributed by atoms with Gasteiger partial charge in [0.15, 0.2) is 6.61 Å². The minimum Gasteiger partial charge on any atom is -0.497 e. The highest BCUT2D eigenvalue weighted by molar-refractivity contribution is 9.10. The van der Waals surface area contributed by atoms with E-state index in [2.05, 4.69) is 33.0 Å². The van der Waals surface area contributed by atoms with Gasteiger partial charge in [0.05, 0.1) is 7.11 Å². The molecule has 10 heteroatoms. The zero-order valence-electron chi connectivity index (χ0n) is 17.6. The van der Waals surface area contributed by atoms with Gasteiger partial charge in [-0.25, -0.2) is 9.59 Å². The predicted octanol–water partition coefficient (Wildman–Crippen LogP) is 2.34. The summed E-state index contributed by atoms with van der Waals surface area (Å²) < 4.78 is 11.8. The molecule has 1 aliphatic heterocycles. The van der Waals surface area contributed by atoms with Crippen molar-refractivity contribution in [1.82, 2.24) is 9.80 Å². The molecule has 172 valence electrons. The van der Waals surface area contributed by atoms with Crippen LogP contribution in [0.3, 0.4) is 0 Å². The van der Waals surface area contributed by atoms with Gasteiger partial charge in [0.1, 0.15) is 11.5 Å². The number of nitrogens with zero attached hydrogens (tertiary/aromatic N) is 2. The maximum absolute atomic E-state index is 12.3. The molecule has 2 aromatic rings. The molecule has 1 amide bonds. The third kappa shape index (κ3) is 8.56.